The van der Waals surface area contributed by atoms with Gasteiger partial charge in [0.1, 0.15) is 0 Å². The van der Waals surface area contributed by atoms with Gasteiger partial charge in [-0.2, -0.15) is 0 Å². The van der Waals surface area contributed by atoms with Gasteiger partial charge in [0.25, 0.3) is 0 Å². The van der Waals surface area contributed by atoms with E-state index in [1.54, 1.807) is 0 Å². The standard InChI is InChI=1S/C17H31N3O/c1-11-4-3-7-20(10-11)12(2)9-19-17(21)15-13-5-6-14(8-13)16(15)18/h11-16H,3-10,18H2,1-2H3,(H,19,21). The molecule has 2 bridgehead atoms. The maximum atomic E-state index is 12.5. The van der Waals surface area contributed by atoms with E-state index in [9.17, 15) is 4.79 Å². The molecule has 0 spiro atoms. The Morgan fingerprint density at radius 3 is 2.76 bits per heavy atom. The maximum Gasteiger partial charge on any atom is 0.225 e. The van der Waals surface area contributed by atoms with Crippen LogP contribution in [0.15, 0.2) is 0 Å². The fraction of sp³-hybridized carbons (Fsp3) is 0.941. The number of piperidine rings is 1. The molecule has 0 aromatic carbocycles. The fourth-order valence-corrected chi connectivity index (χ4v) is 4.85. The van der Waals surface area contributed by atoms with Crippen LogP contribution in [0.3, 0.4) is 0 Å². The Morgan fingerprint density at radius 1 is 1.33 bits per heavy atom. The van der Waals surface area contributed by atoms with Crippen LogP contribution < -0.4 is 11.1 Å². The number of fused-ring (bicyclic) bond motifs is 2. The monoisotopic (exact) mass is 293 g/mol. The molecule has 3 aliphatic rings. The lowest BCUT2D eigenvalue weighted by Crippen LogP contribution is -2.50. The van der Waals surface area contributed by atoms with Crippen molar-refractivity contribution in [2.24, 2.45) is 29.4 Å². The Kier molecular flexibility index (Phi) is 4.55. The summed E-state index contributed by atoms with van der Waals surface area (Å²) < 4.78 is 0. The predicted octanol–water partition coefficient (Wildman–Crippen LogP) is 1.60. The van der Waals surface area contributed by atoms with E-state index in [4.69, 9.17) is 5.73 Å². The van der Waals surface area contributed by atoms with Gasteiger partial charge in [0, 0.05) is 25.2 Å². The molecule has 1 saturated heterocycles. The van der Waals surface area contributed by atoms with Crippen molar-refractivity contribution in [3.05, 3.63) is 0 Å². The van der Waals surface area contributed by atoms with Crippen LogP contribution >= 0.6 is 0 Å². The van der Waals surface area contributed by atoms with Gasteiger partial charge in [-0.1, -0.05) is 6.92 Å². The molecule has 120 valence electrons. The second-order valence-corrected chi connectivity index (χ2v) is 7.77. The van der Waals surface area contributed by atoms with Crippen LogP contribution in [0.4, 0.5) is 0 Å². The summed E-state index contributed by atoms with van der Waals surface area (Å²) in [4.78, 5) is 15.0. The van der Waals surface area contributed by atoms with Gasteiger partial charge in [0.05, 0.1) is 5.92 Å². The Bertz CT molecular complexity index is 384. The lowest BCUT2D eigenvalue weighted by atomic mass is 9.84. The molecule has 2 saturated carbocycles. The van der Waals surface area contributed by atoms with Crippen molar-refractivity contribution < 1.29 is 4.79 Å². The second kappa shape index (κ2) is 6.25. The number of hydrogen-bond donors (Lipinski definition) is 2. The first-order valence-electron chi connectivity index (χ1n) is 8.83. The highest BCUT2D eigenvalue weighted by atomic mass is 16.2. The second-order valence-electron chi connectivity index (χ2n) is 7.77. The average molecular weight is 293 g/mol. The molecule has 3 rings (SSSR count). The Balaban J connectivity index is 1.47. The number of likely N-dealkylation sites (tertiary alicyclic amines) is 1. The van der Waals surface area contributed by atoms with Gasteiger partial charge in [-0.05, 0) is 63.3 Å². The molecule has 0 radical (unpaired) electrons. The van der Waals surface area contributed by atoms with E-state index in [1.165, 1.54) is 45.2 Å². The lowest BCUT2D eigenvalue weighted by molar-refractivity contribution is -0.127. The van der Waals surface area contributed by atoms with Crippen LogP contribution in [0.1, 0.15) is 46.0 Å². The number of nitrogens with one attached hydrogen (secondary N) is 1. The highest BCUT2D eigenvalue weighted by Crippen LogP contribution is 2.47. The third-order valence-electron chi connectivity index (χ3n) is 6.17. The highest BCUT2D eigenvalue weighted by molar-refractivity contribution is 5.80. The van der Waals surface area contributed by atoms with E-state index >= 15 is 0 Å². The summed E-state index contributed by atoms with van der Waals surface area (Å²) in [6.07, 6.45) is 6.25. The Labute approximate surface area is 128 Å². The van der Waals surface area contributed by atoms with E-state index in [0.717, 1.165) is 12.5 Å². The number of hydrogen-bond acceptors (Lipinski definition) is 3. The van der Waals surface area contributed by atoms with Gasteiger partial charge in [0.15, 0.2) is 0 Å². The summed E-state index contributed by atoms with van der Waals surface area (Å²) in [6, 6.07) is 0.542. The van der Waals surface area contributed by atoms with E-state index in [2.05, 4.69) is 24.1 Å². The summed E-state index contributed by atoms with van der Waals surface area (Å²) in [5.74, 6) is 2.24. The zero-order chi connectivity index (χ0) is 15.0. The molecule has 4 heteroatoms. The zero-order valence-electron chi connectivity index (χ0n) is 13.6. The minimum Gasteiger partial charge on any atom is -0.354 e. The SMILES string of the molecule is CC1CCCN(C(C)CNC(=O)C2C3CCC(C3)C2N)C1. The Morgan fingerprint density at radius 2 is 2.10 bits per heavy atom. The molecular formula is C17H31N3O. The summed E-state index contributed by atoms with van der Waals surface area (Å²) in [5, 5.41) is 3.19. The molecule has 1 amide bonds. The molecule has 1 aliphatic heterocycles. The minimum atomic E-state index is 0.0798. The lowest BCUT2D eigenvalue weighted by Gasteiger charge is -2.36. The first-order valence-corrected chi connectivity index (χ1v) is 8.83. The Hall–Kier alpha value is -0.610. The molecule has 0 aromatic rings. The number of nitrogens with zero attached hydrogens (tertiary/aromatic N) is 1. The van der Waals surface area contributed by atoms with Crippen molar-refractivity contribution in [3.8, 4) is 0 Å². The first kappa shape index (κ1) is 15.3. The summed E-state index contributed by atoms with van der Waals surface area (Å²) in [7, 11) is 0. The van der Waals surface area contributed by atoms with E-state index in [-0.39, 0.29) is 17.9 Å². The number of carbonyl (C=O) groups is 1. The molecule has 6 unspecified atom stereocenters. The summed E-state index contributed by atoms with van der Waals surface area (Å²) in [6.45, 7) is 7.68. The van der Waals surface area contributed by atoms with E-state index in [1.807, 2.05) is 0 Å². The normalized spacial score (nSPS) is 41.2. The number of amides is 1. The smallest absolute Gasteiger partial charge is 0.225 e. The van der Waals surface area contributed by atoms with Crippen molar-refractivity contribution >= 4 is 5.91 Å². The molecule has 3 fully saturated rings. The topological polar surface area (TPSA) is 58.4 Å². The van der Waals surface area contributed by atoms with Crippen LogP contribution in [0, 0.1) is 23.7 Å². The van der Waals surface area contributed by atoms with Crippen LogP contribution in [-0.2, 0) is 4.79 Å². The van der Waals surface area contributed by atoms with E-state index < -0.39 is 0 Å². The molecule has 6 atom stereocenters. The van der Waals surface area contributed by atoms with Crippen molar-refractivity contribution in [3.63, 3.8) is 0 Å². The van der Waals surface area contributed by atoms with Crippen LogP contribution in [0.5, 0.6) is 0 Å². The van der Waals surface area contributed by atoms with Gasteiger partial charge in [-0.3, -0.25) is 9.69 Å². The fourth-order valence-electron chi connectivity index (χ4n) is 4.85. The molecule has 1 heterocycles. The van der Waals surface area contributed by atoms with Crippen LogP contribution in [0.25, 0.3) is 0 Å². The summed E-state index contributed by atoms with van der Waals surface area (Å²) >= 11 is 0. The van der Waals surface area contributed by atoms with Gasteiger partial charge in [-0.15, -0.1) is 0 Å². The van der Waals surface area contributed by atoms with Crippen LogP contribution in [-0.4, -0.2) is 42.5 Å². The van der Waals surface area contributed by atoms with Gasteiger partial charge in [0.2, 0.25) is 5.91 Å². The largest absolute Gasteiger partial charge is 0.354 e. The predicted molar refractivity (Wildman–Crippen MR) is 84.7 cm³/mol. The maximum absolute atomic E-state index is 12.5. The molecule has 3 N–H and O–H groups in total. The quantitative estimate of drug-likeness (QED) is 0.828. The van der Waals surface area contributed by atoms with E-state index in [0.29, 0.717) is 17.9 Å². The highest BCUT2D eigenvalue weighted by Gasteiger charge is 2.49. The van der Waals surface area contributed by atoms with Crippen molar-refractivity contribution in [2.75, 3.05) is 19.6 Å². The third-order valence-corrected chi connectivity index (χ3v) is 6.17. The van der Waals surface area contributed by atoms with Crippen LogP contribution in [0.2, 0.25) is 0 Å². The average Bonchev–Trinajstić information content (AvgIpc) is 3.05. The molecular weight excluding hydrogens is 262 g/mol. The van der Waals surface area contributed by atoms with Crippen molar-refractivity contribution in [1.29, 1.82) is 0 Å². The van der Waals surface area contributed by atoms with Gasteiger partial charge in [-0.25, -0.2) is 0 Å². The molecule has 21 heavy (non-hydrogen) atoms. The zero-order valence-corrected chi connectivity index (χ0v) is 13.6. The van der Waals surface area contributed by atoms with Gasteiger partial charge < -0.3 is 11.1 Å². The minimum absolute atomic E-state index is 0.0798. The third kappa shape index (κ3) is 3.11. The molecule has 2 aliphatic carbocycles. The summed E-state index contributed by atoms with van der Waals surface area (Å²) in [5.41, 5.74) is 6.26. The van der Waals surface area contributed by atoms with Gasteiger partial charge >= 0.3 is 0 Å². The number of nitrogens with two attached hydrogens (primary N) is 1. The molecule has 4 nitrogen and oxygen atoms in total. The van der Waals surface area contributed by atoms with Crippen molar-refractivity contribution in [1.82, 2.24) is 10.2 Å². The number of rotatable bonds is 4. The molecule has 0 aromatic heterocycles. The van der Waals surface area contributed by atoms with Crippen molar-refractivity contribution in [2.45, 2.75) is 58.0 Å². The number of carbonyl (C=O) groups excluding carboxylic acids is 1. The first-order chi connectivity index (χ1) is 10.1.